The van der Waals surface area contributed by atoms with Crippen LogP contribution in [-0.4, -0.2) is 61.7 Å². The fourth-order valence-corrected chi connectivity index (χ4v) is 6.36. The lowest BCUT2D eigenvalue weighted by Gasteiger charge is -2.42. The third-order valence-electron chi connectivity index (χ3n) is 8.60. The number of halogens is 1. The second kappa shape index (κ2) is 11.5. The Morgan fingerprint density at radius 2 is 1.78 bits per heavy atom. The van der Waals surface area contributed by atoms with Crippen LogP contribution in [0.1, 0.15) is 46.3 Å². The molecule has 0 aromatic heterocycles. The largest absolute Gasteiger partial charge is 0.490 e. The van der Waals surface area contributed by atoms with Crippen LogP contribution in [0.5, 0.6) is 5.75 Å². The Hall–Kier alpha value is -3.91. The molecule has 41 heavy (non-hydrogen) atoms. The Morgan fingerprint density at radius 3 is 2.51 bits per heavy atom. The van der Waals surface area contributed by atoms with Crippen molar-refractivity contribution in [3.05, 3.63) is 94.8 Å². The molecule has 3 aromatic rings. The van der Waals surface area contributed by atoms with Gasteiger partial charge in [0.2, 0.25) is 5.91 Å². The summed E-state index contributed by atoms with van der Waals surface area (Å²) in [5, 5.41) is 3.19. The summed E-state index contributed by atoms with van der Waals surface area (Å²) in [5.74, 6) is 0.138. The van der Waals surface area contributed by atoms with Gasteiger partial charge in [-0.3, -0.25) is 9.59 Å². The molecular formula is C33H36FN3O4. The van der Waals surface area contributed by atoms with E-state index in [-0.39, 0.29) is 41.9 Å². The number of benzene rings is 3. The van der Waals surface area contributed by atoms with Crippen molar-refractivity contribution < 1.29 is 23.5 Å². The fraction of sp³-hybridized carbons (Fsp3) is 0.394. The molecule has 1 N–H and O–H groups in total. The highest BCUT2D eigenvalue weighted by Gasteiger charge is 2.39. The van der Waals surface area contributed by atoms with Gasteiger partial charge in [-0.05, 0) is 72.7 Å². The number of carbonyl (C=O) groups is 2. The number of nitrogens with zero attached hydrogens (tertiary/aromatic N) is 2. The summed E-state index contributed by atoms with van der Waals surface area (Å²) in [6, 6.07) is 20.3. The molecule has 0 saturated carbocycles. The number of hydrogen-bond donors (Lipinski definition) is 1. The number of carbonyl (C=O) groups excluding carboxylic acids is 2. The van der Waals surface area contributed by atoms with E-state index in [2.05, 4.69) is 17.4 Å². The number of likely N-dealkylation sites (N-methyl/N-ethyl adjacent to an activating group) is 1. The molecule has 7 nitrogen and oxygen atoms in total. The first-order valence-corrected chi connectivity index (χ1v) is 14.3. The zero-order chi connectivity index (χ0) is 28.5. The van der Waals surface area contributed by atoms with Gasteiger partial charge in [0.05, 0.1) is 24.1 Å². The van der Waals surface area contributed by atoms with Crippen molar-refractivity contribution in [1.29, 1.82) is 0 Å². The first kappa shape index (κ1) is 27.3. The van der Waals surface area contributed by atoms with E-state index in [4.69, 9.17) is 9.47 Å². The topological polar surface area (TPSA) is 71.1 Å². The van der Waals surface area contributed by atoms with Crippen LogP contribution in [0.15, 0.2) is 66.7 Å². The van der Waals surface area contributed by atoms with Crippen LogP contribution >= 0.6 is 0 Å². The lowest BCUT2D eigenvalue weighted by molar-refractivity contribution is -0.134. The van der Waals surface area contributed by atoms with E-state index < -0.39 is 0 Å². The summed E-state index contributed by atoms with van der Waals surface area (Å²) < 4.78 is 25.8. The summed E-state index contributed by atoms with van der Waals surface area (Å²) in [7, 11) is 3.76. The number of ether oxygens (including phenoxy) is 2. The number of rotatable bonds is 6. The number of amides is 2. The summed E-state index contributed by atoms with van der Waals surface area (Å²) in [4.78, 5) is 30.3. The van der Waals surface area contributed by atoms with Crippen molar-refractivity contribution in [3.63, 3.8) is 0 Å². The Kier molecular flexibility index (Phi) is 7.67. The minimum absolute atomic E-state index is 0.00471. The SMILES string of the molecule is CN(Cc1ccc(F)cc1)c1ccc2c(c1)C(=O)N(C)[C@H]1CC[C@@H](CC(=O)NC3Cc4ccccc4C3)O[C@H]1CO2. The number of nitrogens with one attached hydrogen (secondary N) is 1. The smallest absolute Gasteiger partial charge is 0.257 e. The maximum absolute atomic E-state index is 13.6. The highest BCUT2D eigenvalue weighted by molar-refractivity contribution is 5.98. The molecule has 0 radical (unpaired) electrons. The van der Waals surface area contributed by atoms with Crippen LogP contribution < -0.4 is 15.0 Å². The van der Waals surface area contributed by atoms with Gasteiger partial charge in [0.15, 0.2) is 0 Å². The van der Waals surface area contributed by atoms with Crippen LogP contribution in [0.4, 0.5) is 10.1 Å². The predicted octanol–water partition coefficient (Wildman–Crippen LogP) is 4.52. The van der Waals surface area contributed by atoms with Gasteiger partial charge < -0.3 is 24.6 Å². The molecule has 2 amide bonds. The van der Waals surface area contributed by atoms with Gasteiger partial charge in [0.1, 0.15) is 24.3 Å². The van der Waals surface area contributed by atoms with Crippen molar-refractivity contribution >= 4 is 17.5 Å². The van der Waals surface area contributed by atoms with Gasteiger partial charge in [0, 0.05) is 32.4 Å². The van der Waals surface area contributed by atoms with Gasteiger partial charge in [0.25, 0.3) is 5.91 Å². The first-order valence-electron chi connectivity index (χ1n) is 14.3. The highest BCUT2D eigenvalue weighted by atomic mass is 19.1. The maximum Gasteiger partial charge on any atom is 0.257 e. The first-order chi connectivity index (χ1) is 19.8. The molecule has 0 bridgehead atoms. The summed E-state index contributed by atoms with van der Waals surface area (Å²) >= 11 is 0. The quantitative estimate of drug-likeness (QED) is 0.483. The monoisotopic (exact) mass is 557 g/mol. The average molecular weight is 558 g/mol. The molecule has 0 unspecified atom stereocenters. The molecule has 3 atom stereocenters. The standard InChI is InChI=1S/C33H36FN3O4/c1-36(19-21-7-9-24(34)10-8-21)26-11-14-30-28(17-26)33(39)37(2)29-13-12-27(41-31(29)20-40-30)18-32(38)35-25-15-22-5-3-4-6-23(22)16-25/h3-11,14,17,25,27,29,31H,12-13,15-16,18-20H2,1-2H3,(H,35,38)/t27-,29-,31-/m0/s1. The highest BCUT2D eigenvalue weighted by Crippen LogP contribution is 2.33. The molecular weight excluding hydrogens is 521 g/mol. The molecule has 0 spiro atoms. The minimum atomic E-state index is -0.319. The van der Waals surface area contributed by atoms with Crippen molar-refractivity contribution in [2.45, 2.75) is 62.9 Å². The molecule has 1 saturated heterocycles. The lowest BCUT2D eigenvalue weighted by atomic mass is 9.94. The molecule has 2 aliphatic heterocycles. The van der Waals surface area contributed by atoms with E-state index in [1.807, 2.05) is 49.3 Å². The number of anilines is 1. The molecule has 1 aliphatic carbocycles. The van der Waals surface area contributed by atoms with E-state index in [0.717, 1.165) is 30.5 Å². The minimum Gasteiger partial charge on any atom is -0.490 e. The second-order valence-corrected chi connectivity index (χ2v) is 11.5. The van der Waals surface area contributed by atoms with Crippen LogP contribution in [0.3, 0.4) is 0 Å². The third-order valence-corrected chi connectivity index (χ3v) is 8.60. The summed E-state index contributed by atoms with van der Waals surface area (Å²) in [5.41, 5.74) is 4.96. The van der Waals surface area contributed by atoms with Gasteiger partial charge in [-0.1, -0.05) is 36.4 Å². The second-order valence-electron chi connectivity index (χ2n) is 11.5. The predicted molar refractivity (Wildman–Crippen MR) is 155 cm³/mol. The van der Waals surface area contributed by atoms with Crippen LogP contribution in [-0.2, 0) is 28.9 Å². The van der Waals surface area contributed by atoms with Crippen LogP contribution in [0, 0.1) is 5.82 Å². The number of hydrogen-bond acceptors (Lipinski definition) is 5. The van der Waals surface area contributed by atoms with Gasteiger partial charge in [-0.2, -0.15) is 0 Å². The van der Waals surface area contributed by atoms with Crippen molar-refractivity contribution in [2.75, 3.05) is 25.6 Å². The lowest BCUT2D eigenvalue weighted by Crippen LogP contribution is -2.54. The Morgan fingerprint density at radius 1 is 1.05 bits per heavy atom. The van der Waals surface area contributed by atoms with E-state index in [1.165, 1.54) is 23.3 Å². The van der Waals surface area contributed by atoms with Crippen molar-refractivity contribution in [2.24, 2.45) is 0 Å². The summed E-state index contributed by atoms with van der Waals surface area (Å²) in [6.07, 6.45) is 2.93. The zero-order valence-corrected chi connectivity index (χ0v) is 23.5. The molecule has 2 heterocycles. The van der Waals surface area contributed by atoms with Gasteiger partial charge in [-0.15, -0.1) is 0 Å². The zero-order valence-electron chi connectivity index (χ0n) is 23.5. The van der Waals surface area contributed by atoms with E-state index in [9.17, 15) is 14.0 Å². The molecule has 1 fully saturated rings. The maximum atomic E-state index is 13.6. The third kappa shape index (κ3) is 5.93. The Balaban J connectivity index is 1.08. The van der Waals surface area contributed by atoms with Crippen molar-refractivity contribution in [3.8, 4) is 5.75 Å². The molecule has 3 aromatic carbocycles. The van der Waals surface area contributed by atoms with Crippen LogP contribution in [0.25, 0.3) is 0 Å². The van der Waals surface area contributed by atoms with E-state index in [1.54, 1.807) is 17.0 Å². The molecule has 6 rings (SSSR count). The normalized spacial score (nSPS) is 22.1. The molecule has 214 valence electrons. The number of fused-ring (bicyclic) bond motifs is 3. The van der Waals surface area contributed by atoms with E-state index in [0.29, 0.717) is 37.3 Å². The fourth-order valence-electron chi connectivity index (χ4n) is 6.36. The summed E-state index contributed by atoms with van der Waals surface area (Å²) in [6.45, 7) is 0.876. The molecule has 3 aliphatic rings. The average Bonchev–Trinajstić information content (AvgIpc) is 3.38. The molecule has 8 heteroatoms. The van der Waals surface area contributed by atoms with Crippen molar-refractivity contribution in [1.82, 2.24) is 10.2 Å². The van der Waals surface area contributed by atoms with Gasteiger partial charge >= 0.3 is 0 Å². The van der Waals surface area contributed by atoms with Crippen LogP contribution in [0.2, 0.25) is 0 Å². The Labute approximate surface area is 240 Å². The van der Waals surface area contributed by atoms with E-state index >= 15 is 0 Å². The Bertz CT molecular complexity index is 1400. The van der Waals surface area contributed by atoms with Gasteiger partial charge in [-0.25, -0.2) is 4.39 Å².